The zero-order valence-electron chi connectivity index (χ0n) is 14.1. The average Bonchev–Trinajstić information content (AvgIpc) is 3.07. The average molecular weight is 381 g/mol. The maximum atomic E-state index is 12.6. The summed E-state index contributed by atoms with van der Waals surface area (Å²) in [7, 11) is 0. The number of nitrogens with zero attached hydrogens (tertiary/aromatic N) is 1. The minimum absolute atomic E-state index is 0.0104. The van der Waals surface area contributed by atoms with Gasteiger partial charge in [0.15, 0.2) is 0 Å². The van der Waals surface area contributed by atoms with E-state index in [0.717, 1.165) is 32.7 Å². The van der Waals surface area contributed by atoms with Gasteiger partial charge in [0, 0.05) is 11.8 Å². The minimum Gasteiger partial charge on any atom is -0.480 e. The highest BCUT2D eigenvalue weighted by atomic mass is 32.2. The number of aromatic nitrogens is 1. The van der Waals surface area contributed by atoms with E-state index < -0.39 is 23.5 Å². The third-order valence-electron chi connectivity index (χ3n) is 4.74. The van der Waals surface area contributed by atoms with Crippen molar-refractivity contribution in [3.8, 4) is 0 Å². The van der Waals surface area contributed by atoms with Gasteiger partial charge in [0.1, 0.15) is 6.04 Å². The van der Waals surface area contributed by atoms with Gasteiger partial charge in [-0.15, -0.1) is 11.8 Å². The first-order chi connectivity index (χ1) is 13.0. The van der Waals surface area contributed by atoms with Crippen LogP contribution in [0.4, 0.5) is 0 Å². The molecular formula is C20H15NO5S. The van der Waals surface area contributed by atoms with Gasteiger partial charge in [0.05, 0.1) is 10.6 Å². The lowest BCUT2D eigenvalue weighted by Gasteiger charge is -2.14. The first kappa shape index (κ1) is 17.4. The van der Waals surface area contributed by atoms with Crippen LogP contribution in [0.3, 0.4) is 0 Å². The molecule has 7 heteroatoms. The topological polar surface area (TPSA) is 96.6 Å². The summed E-state index contributed by atoms with van der Waals surface area (Å²) in [6.45, 7) is 0. The van der Waals surface area contributed by atoms with E-state index in [0.29, 0.717) is 5.56 Å². The molecule has 4 rings (SSSR count). The largest absolute Gasteiger partial charge is 0.480 e. The van der Waals surface area contributed by atoms with E-state index >= 15 is 0 Å². The molecule has 3 aromatic rings. The molecule has 1 aromatic heterocycles. The summed E-state index contributed by atoms with van der Waals surface area (Å²) in [5.41, 5.74) is 0.838. The molecule has 0 radical (unpaired) electrons. The molecule has 1 aliphatic heterocycles. The monoisotopic (exact) mass is 381 g/mol. The van der Waals surface area contributed by atoms with E-state index in [1.165, 1.54) is 6.07 Å². The lowest BCUT2D eigenvalue weighted by Crippen LogP contribution is -2.30. The normalized spacial score (nSPS) is 15.6. The molecule has 0 aliphatic carbocycles. The summed E-state index contributed by atoms with van der Waals surface area (Å²) in [5, 5.41) is 21.3. The van der Waals surface area contributed by atoms with Crippen molar-refractivity contribution in [2.45, 2.75) is 17.5 Å². The summed E-state index contributed by atoms with van der Waals surface area (Å²) in [5.74, 6) is -2.16. The van der Waals surface area contributed by atoms with Crippen molar-refractivity contribution < 1.29 is 19.8 Å². The number of thioether (sulfide) groups is 1. The first-order valence-electron chi connectivity index (χ1n) is 8.31. The zero-order chi connectivity index (χ0) is 19.1. The van der Waals surface area contributed by atoms with Crippen molar-refractivity contribution >= 4 is 34.5 Å². The van der Waals surface area contributed by atoms with Crippen molar-refractivity contribution in [3.05, 3.63) is 75.6 Å². The maximum absolute atomic E-state index is 12.6. The molecule has 0 saturated heterocycles. The van der Waals surface area contributed by atoms with E-state index in [9.17, 15) is 24.6 Å². The Balaban J connectivity index is 1.89. The smallest absolute Gasteiger partial charge is 0.338 e. The maximum Gasteiger partial charge on any atom is 0.338 e. The van der Waals surface area contributed by atoms with Crippen LogP contribution in [0.15, 0.2) is 58.4 Å². The number of hydrogen-bond acceptors (Lipinski definition) is 4. The predicted molar refractivity (Wildman–Crippen MR) is 102 cm³/mol. The first-order valence-corrected chi connectivity index (χ1v) is 9.30. The number of hydrogen-bond donors (Lipinski definition) is 2. The van der Waals surface area contributed by atoms with E-state index in [2.05, 4.69) is 0 Å². The second-order valence-electron chi connectivity index (χ2n) is 6.34. The van der Waals surface area contributed by atoms with Crippen molar-refractivity contribution in [2.75, 3.05) is 5.75 Å². The Morgan fingerprint density at radius 3 is 2.56 bits per heavy atom. The van der Waals surface area contributed by atoms with Crippen LogP contribution in [0.1, 0.15) is 27.5 Å². The van der Waals surface area contributed by atoms with Gasteiger partial charge in [0.2, 0.25) is 0 Å². The van der Waals surface area contributed by atoms with E-state index in [1.807, 2.05) is 42.5 Å². The minimum atomic E-state index is -1.16. The summed E-state index contributed by atoms with van der Waals surface area (Å²) < 4.78 is 1.09. The lowest BCUT2D eigenvalue weighted by atomic mass is 9.96. The fraction of sp³-hybridized carbons (Fsp3) is 0.150. The van der Waals surface area contributed by atoms with E-state index in [1.54, 1.807) is 0 Å². The van der Waals surface area contributed by atoms with Gasteiger partial charge in [0.25, 0.3) is 5.56 Å². The second-order valence-corrected chi connectivity index (χ2v) is 7.35. The molecule has 0 saturated carbocycles. The Morgan fingerprint density at radius 1 is 1.07 bits per heavy atom. The number of aliphatic carboxylic acids is 1. The third kappa shape index (κ3) is 2.90. The fourth-order valence-corrected chi connectivity index (χ4v) is 4.85. The lowest BCUT2D eigenvalue weighted by molar-refractivity contribution is -0.140. The number of fused-ring (bicyclic) bond motifs is 2. The van der Waals surface area contributed by atoms with E-state index in [4.69, 9.17) is 0 Å². The van der Waals surface area contributed by atoms with Crippen LogP contribution in [0.2, 0.25) is 0 Å². The summed E-state index contributed by atoms with van der Waals surface area (Å²) >= 11 is 1.10. The fourth-order valence-electron chi connectivity index (χ4n) is 3.52. The molecule has 0 amide bonds. The van der Waals surface area contributed by atoms with Gasteiger partial charge < -0.3 is 10.2 Å². The highest BCUT2D eigenvalue weighted by Gasteiger charge is 2.34. The molecule has 2 N–H and O–H groups in total. The molecule has 1 atom stereocenters. The van der Waals surface area contributed by atoms with Gasteiger partial charge in [-0.2, -0.15) is 0 Å². The molecule has 0 spiro atoms. The number of carboxylic acids is 2. The number of rotatable bonds is 4. The Hall–Kier alpha value is -3.06. The standard InChI is InChI=1S/C20H15NO5S/c22-16-9-13(8-12-6-3-5-11-4-1-2-7-14(11)12)17(20(25)26)18-21(16)15(10-27-18)19(23)24/h1-7,9,15H,8,10H2,(H,23,24)(H,25,26)/t15-/m0/s1. The summed E-state index contributed by atoms with van der Waals surface area (Å²) in [4.78, 5) is 35.9. The van der Waals surface area contributed by atoms with Gasteiger partial charge in [-0.25, -0.2) is 9.59 Å². The molecule has 136 valence electrons. The molecule has 6 nitrogen and oxygen atoms in total. The number of carbonyl (C=O) groups is 2. The van der Waals surface area contributed by atoms with E-state index in [-0.39, 0.29) is 22.8 Å². The SMILES string of the molecule is O=C(O)c1c(Cc2cccc3ccccc23)cc(=O)n2c1SC[C@H]2C(=O)O. The van der Waals surface area contributed by atoms with Gasteiger partial charge in [-0.05, 0) is 28.3 Å². The van der Waals surface area contributed by atoms with Crippen LogP contribution >= 0.6 is 11.8 Å². The Labute approximate surface area is 158 Å². The molecule has 0 bridgehead atoms. The highest BCUT2D eigenvalue weighted by molar-refractivity contribution is 7.99. The van der Waals surface area contributed by atoms with Gasteiger partial charge in [-0.1, -0.05) is 42.5 Å². The molecule has 0 unspecified atom stereocenters. The van der Waals surface area contributed by atoms with Crippen molar-refractivity contribution in [1.82, 2.24) is 4.57 Å². The molecule has 2 aromatic carbocycles. The molecule has 1 aliphatic rings. The number of aromatic carboxylic acids is 1. The van der Waals surface area contributed by atoms with Crippen molar-refractivity contribution in [1.29, 1.82) is 0 Å². The Kier molecular flexibility index (Phi) is 4.24. The Morgan fingerprint density at radius 2 is 1.81 bits per heavy atom. The van der Waals surface area contributed by atoms with Crippen LogP contribution in [0.5, 0.6) is 0 Å². The summed E-state index contributed by atoms with van der Waals surface area (Å²) in [6.07, 6.45) is 0.282. The third-order valence-corrected chi connectivity index (χ3v) is 5.89. The number of carboxylic acid groups (broad SMARTS) is 2. The molecular weight excluding hydrogens is 366 g/mol. The zero-order valence-corrected chi connectivity index (χ0v) is 14.9. The molecule has 2 heterocycles. The number of pyridine rings is 1. The van der Waals surface area contributed by atoms with Crippen LogP contribution < -0.4 is 5.56 Å². The van der Waals surface area contributed by atoms with Gasteiger partial charge in [-0.3, -0.25) is 9.36 Å². The molecule has 0 fully saturated rings. The van der Waals surface area contributed by atoms with Gasteiger partial charge >= 0.3 is 11.9 Å². The van der Waals surface area contributed by atoms with Crippen LogP contribution in [0, 0.1) is 0 Å². The number of benzene rings is 2. The summed E-state index contributed by atoms with van der Waals surface area (Å²) in [6, 6.07) is 13.8. The Bertz CT molecular complexity index is 1150. The van der Waals surface area contributed by atoms with Crippen LogP contribution in [-0.4, -0.2) is 32.5 Å². The quantitative estimate of drug-likeness (QED) is 0.721. The van der Waals surface area contributed by atoms with Crippen molar-refractivity contribution in [2.24, 2.45) is 0 Å². The molecule has 27 heavy (non-hydrogen) atoms. The predicted octanol–water partition coefficient (Wildman–Crippen LogP) is 3.02. The van der Waals surface area contributed by atoms with Crippen molar-refractivity contribution in [3.63, 3.8) is 0 Å². The van der Waals surface area contributed by atoms with Crippen LogP contribution in [-0.2, 0) is 11.2 Å². The van der Waals surface area contributed by atoms with Crippen LogP contribution in [0.25, 0.3) is 10.8 Å². The highest BCUT2D eigenvalue weighted by Crippen LogP contribution is 2.36. The second kappa shape index (κ2) is 6.59.